The molecule has 0 spiro atoms. The van der Waals surface area contributed by atoms with E-state index in [1.54, 1.807) is 24.3 Å². The van der Waals surface area contributed by atoms with Crippen molar-refractivity contribution >= 4 is 27.6 Å². The number of carbonyl (C=O) groups is 2. The van der Waals surface area contributed by atoms with Crippen molar-refractivity contribution in [1.82, 2.24) is 4.90 Å². The molecule has 8 heteroatoms. The van der Waals surface area contributed by atoms with Gasteiger partial charge in [-0.25, -0.2) is 8.42 Å². The summed E-state index contributed by atoms with van der Waals surface area (Å²) >= 11 is 0. The van der Waals surface area contributed by atoms with Crippen LogP contribution >= 0.6 is 0 Å². The normalized spacial score (nSPS) is 16.2. The van der Waals surface area contributed by atoms with Crippen LogP contribution in [0.15, 0.2) is 24.3 Å². The summed E-state index contributed by atoms with van der Waals surface area (Å²) in [6.45, 7) is 4.88. The van der Waals surface area contributed by atoms with Crippen LogP contribution in [0.5, 0.6) is 0 Å². The molecule has 2 rings (SSSR count). The molecule has 1 saturated heterocycles. The van der Waals surface area contributed by atoms with E-state index in [1.807, 2.05) is 13.8 Å². The zero-order valence-corrected chi connectivity index (χ0v) is 15.3. The van der Waals surface area contributed by atoms with E-state index in [-0.39, 0.29) is 30.5 Å². The molecule has 1 amide bonds. The van der Waals surface area contributed by atoms with Gasteiger partial charge in [0.1, 0.15) is 0 Å². The summed E-state index contributed by atoms with van der Waals surface area (Å²) in [5.74, 6) is -0.935. The van der Waals surface area contributed by atoms with Crippen LogP contribution in [0.2, 0.25) is 0 Å². The number of anilines is 1. The van der Waals surface area contributed by atoms with Crippen LogP contribution in [-0.4, -0.2) is 55.7 Å². The Hall–Kier alpha value is -2.09. The van der Waals surface area contributed by atoms with Crippen LogP contribution in [0.3, 0.4) is 0 Å². The molecule has 0 unspecified atom stereocenters. The van der Waals surface area contributed by atoms with E-state index in [9.17, 15) is 18.0 Å². The van der Waals surface area contributed by atoms with Crippen LogP contribution in [0.4, 0.5) is 5.69 Å². The Labute approximate surface area is 148 Å². The van der Waals surface area contributed by atoms with Gasteiger partial charge in [0.25, 0.3) is 5.91 Å². The lowest BCUT2D eigenvalue weighted by atomic mass is 10.1. The van der Waals surface area contributed by atoms with Crippen LogP contribution < -0.4 is 4.31 Å². The first-order chi connectivity index (χ1) is 11.7. The molecule has 138 valence electrons. The number of rotatable bonds is 7. The molecular formula is C17H24N2O5S. The molecule has 1 heterocycles. The first-order valence-corrected chi connectivity index (χ1v) is 9.93. The minimum atomic E-state index is -3.31. The number of carboxylic acid groups (broad SMARTS) is 1. The number of aliphatic carboxylic acids is 1. The molecule has 7 nitrogen and oxygen atoms in total. The fourth-order valence-corrected chi connectivity index (χ4v) is 4.41. The van der Waals surface area contributed by atoms with E-state index in [2.05, 4.69) is 0 Å². The first kappa shape index (κ1) is 19.2. The van der Waals surface area contributed by atoms with Gasteiger partial charge in [-0.05, 0) is 30.5 Å². The fraction of sp³-hybridized carbons (Fsp3) is 0.529. The van der Waals surface area contributed by atoms with Crippen molar-refractivity contribution < 1.29 is 23.1 Å². The Morgan fingerprint density at radius 1 is 1.32 bits per heavy atom. The predicted molar refractivity (Wildman–Crippen MR) is 95.2 cm³/mol. The van der Waals surface area contributed by atoms with E-state index >= 15 is 0 Å². The van der Waals surface area contributed by atoms with Gasteiger partial charge >= 0.3 is 5.97 Å². The van der Waals surface area contributed by atoms with Crippen molar-refractivity contribution in [3.8, 4) is 0 Å². The summed E-state index contributed by atoms with van der Waals surface area (Å²) in [4.78, 5) is 25.1. The second-order valence-corrected chi connectivity index (χ2v) is 8.59. The Balaban J connectivity index is 2.24. The number of benzene rings is 1. The molecule has 1 aromatic rings. The lowest BCUT2D eigenvalue weighted by Gasteiger charge is -2.25. The van der Waals surface area contributed by atoms with Crippen LogP contribution in [0, 0.1) is 5.92 Å². The predicted octanol–water partition coefficient (Wildman–Crippen LogP) is 1.80. The summed E-state index contributed by atoms with van der Waals surface area (Å²) < 4.78 is 25.5. The summed E-state index contributed by atoms with van der Waals surface area (Å²) in [6, 6.07) is 6.52. The highest BCUT2D eigenvalue weighted by molar-refractivity contribution is 7.93. The quantitative estimate of drug-likeness (QED) is 0.792. The van der Waals surface area contributed by atoms with Gasteiger partial charge in [0.2, 0.25) is 10.0 Å². The lowest BCUT2D eigenvalue weighted by Crippen LogP contribution is -2.36. The highest BCUT2D eigenvalue weighted by atomic mass is 32.2. The van der Waals surface area contributed by atoms with Gasteiger partial charge in [0, 0.05) is 25.2 Å². The van der Waals surface area contributed by atoms with Crippen molar-refractivity contribution in [2.24, 2.45) is 5.92 Å². The van der Waals surface area contributed by atoms with Gasteiger partial charge in [-0.15, -0.1) is 0 Å². The Bertz CT molecular complexity index is 745. The third kappa shape index (κ3) is 4.94. The van der Waals surface area contributed by atoms with Crippen molar-refractivity contribution in [3.63, 3.8) is 0 Å². The molecule has 0 aliphatic carbocycles. The van der Waals surface area contributed by atoms with Crippen molar-refractivity contribution in [1.29, 1.82) is 0 Å². The minimum absolute atomic E-state index is 0.114. The van der Waals surface area contributed by atoms with E-state index < -0.39 is 16.0 Å². The maximum Gasteiger partial charge on any atom is 0.305 e. The Kier molecular flexibility index (Phi) is 6.05. The molecule has 0 bridgehead atoms. The monoisotopic (exact) mass is 368 g/mol. The SMILES string of the molecule is CC(C)CN(CCC(=O)O)C(=O)c1cccc(N2CCCS2(=O)=O)c1. The molecule has 0 saturated carbocycles. The van der Waals surface area contributed by atoms with Gasteiger partial charge in [-0.2, -0.15) is 0 Å². The zero-order valence-electron chi connectivity index (χ0n) is 14.5. The second-order valence-electron chi connectivity index (χ2n) is 6.58. The number of nitrogens with zero attached hydrogens (tertiary/aromatic N) is 2. The average molecular weight is 368 g/mol. The van der Waals surface area contributed by atoms with Gasteiger partial charge < -0.3 is 10.0 Å². The fourth-order valence-electron chi connectivity index (χ4n) is 2.85. The topological polar surface area (TPSA) is 95.0 Å². The summed E-state index contributed by atoms with van der Waals surface area (Å²) in [6.07, 6.45) is 0.442. The summed E-state index contributed by atoms with van der Waals surface area (Å²) in [7, 11) is -3.31. The molecule has 1 fully saturated rings. The van der Waals surface area contributed by atoms with E-state index in [0.29, 0.717) is 30.8 Å². The molecular weight excluding hydrogens is 344 g/mol. The molecule has 25 heavy (non-hydrogen) atoms. The average Bonchev–Trinajstić information content (AvgIpc) is 2.89. The van der Waals surface area contributed by atoms with E-state index in [4.69, 9.17) is 5.11 Å². The van der Waals surface area contributed by atoms with Gasteiger partial charge in [-0.1, -0.05) is 19.9 Å². The smallest absolute Gasteiger partial charge is 0.305 e. The molecule has 0 aromatic heterocycles. The Morgan fingerprint density at radius 3 is 2.60 bits per heavy atom. The van der Waals surface area contributed by atoms with Crippen LogP contribution in [0.1, 0.15) is 37.0 Å². The largest absolute Gasteiger partial charge is 0.481 e. The van der Waals surface area contributed by atoms with Gasteiger partial charge in [0.15, 0.2) is 0 Å². The molecule has 0 radical (unpaired) electrons. The maximum absolute atomic E-state index is 12.8. The minimum Gasteiger partial charge on any atom is -0.481 e. The highest BCUT2D eigenvalue weighted by Crippen LogP contribution is 2.25. The van der Waals surface area contributed by atoms with Crippen molar-refractivity contribution in [2.45, 2.75) is 26.7 Å². The summed E-state index contributed by atoms with van der Waals surface area (Å²) in [5, 5.41) is 8.88. The number of carboxylic acids is 1. The summed E-state index contributed by atoms with van der Waals surface area (Å²) in [5.41, 5.74) is 0.844. The standard InChI is InChI=1S/C17H24N2O5S/c1-13(2)12-18(9-7-16(20)21)17(22)14-5-3-6-15(11-14)19-8-4-10-25(19,23)24/h3,5-6,11,13H,4,7-10,12H2,1-2H3,(H,20,21). The number of sulfonamides is 1. The third-order valence-electron chi connectivity index (χ3n) is 3.95. The molecule has 1 N–H and O–H groups in total. The van der Waals surface area contributed by atoms with Crippen LogP contribution in [-0.2, 0) is 14.8 Å². The molecule has 1 aromatic carbocycles. The maximum atomic E-state index is 12.8. The van der Waals surface area contributed by atoms with Gasteiger partial charge in [0.05, 0.1) is 17.9 Å². The van der Waals surface area contributed by atoms with Crippen LogP contribution in [0.25, 0.3) is 0 Å². The Morgan fingerprint density at radius 2 is 2.04 bits per heavy atom. The van der Waals surface area contributed by atoms with E-state index in [0.717, 1.165) is 0 Å². The van der Waals surface area contributed by atoms with E-state index in [1.165, 1.54) is 9.21 Å². The first-order valence-electron chi connectivity index (χ1n) is 8.32. The molecule has 1 aliphatic rings. The number of carbonyl (C=O) groups excluding carboxylic acids is 1. The number of hydrogen-bond acceptors (Lipinski definition) is 4. The van der Waals surface area contributed by atoms with Crippen molar-refractivity contribution in [3.05, 3.63) is 29.8 Å². The highest BCUT2D eigenvalue weighted by Gasteiger charge is 2.29. The van der Waals surface area contributed by atoms with Crippen molar-refractivity contribution in [2.75, 3.05) is 29.7 Å². The molecule has 0 atom stereocenters. The van der Waals surface area contributed by atoms with Gasteiger partial charge in [-0.3, -0.25) is 13.9 Å². The second kappa shape index (κ2) is 7.86. The third-order valence-corrected chi connectivity index (χ3v) is 5.82. The number of amides is 1. The zero-order chi connectivity index (χ0) is 18.6. The molecule has 1 aliphatic heterocycles. The number of hydrogen-bond donors (Lipinski definition) is 1. The lowest BCUT2D eigenvalue weighted by molar-refractivity contribution is -0.137.